The average molecular weight is 253 g/mol. The Labute approximate surface area is 109 Å². The lowest BCUT2D eigenvalue weighted by Crippen LogP contribution is -2.22. The molecule has 0 aliphatic heterocycles. The van der Waals surface area contributed by atoms with E-state index in [-0.39, 0.29) is 0 Å². The summed E-state index contributed by atoms with van der Waals surface area (Å²) in [6, 6.07) is 2.38. The van der Waals surface area contributed by atoms with E-state index in [1.54, 1.807) is 18.4 Å². The number of rotatable bonds is 8. The molecule has 1 rings (SSSR count). The van der Waals surface area contributed by atoms with Gasteiger partial charge in [-0.2, -0.15) is 0 Å². The van der Waals surface area contributed by atoms with Crippen molar-refractivity contribution < 1.29 is 4.74 Å². The molecule has 0 spiro atoms. The first-order chi connectivity index (χ1) is 8.22. The Balaban J connectivity index is 2.77. The Morgan fingerprint density at radius 3 is 2.88 bits per heavy atom. The molecule has 0 saturated heterocycles. The minimum atomic E-state index is 0.345. The third kappa shape index (κ3) is 4.17. The van der Waals surface area contributed by atoms with Crippen LogP contribution < -0.4 is 10.1 Å². The lowest BCUT2D eigenvalue weighted by molar-refractivity contribution is 0.402. The smallest absolute Gasteiger partial charge is 0.134 e. The predicted octanol–water partition coefficient (Wildman–Crippen LogP) is 4.15. The van der Waals surface area contributed by atoms with E-state index in [0.29, 0.717) is 6.04 Å². The summed E-state index contributed by atoms with van der Waals surface area (Å²) in [7, 11) is 1.73. The van der Waals surface area contributed by atoms with Crippen molar-refractivity contribution in [2.45, 2.75) is 39.2 Å². The first kappa shape index (κ1) is 14.3. The normalized spacial score (nSPS) is 12.4. The van der Waals surface area contributed by atoms with Crippen LogP contribution in [0.15, 0.2) is 23.6 Å². The van der Waals surface area contributed by atoms with Gasteiger partial charge in [0.25, 0.3) is 0 Å². The van der Waals surface area contributed by atoms with E-state index in [4.69, 9.17) is 4.74 Å². The molecule has 1 N–H and O–H groups in total. The molecule has 0 fully saturated rings. The molecule has 96 valence electrons. The van der Waals surface area contributed by atoms with Crippen LogP contribution in [-0.2, 0) is 0 Å². The Morgan fingerprint density at radius 2 is 2.29 bits per heavy atom. The van der Waals surface area contributed by atoms with Crippen LogP contribution in [0.1, 0.15) is 44.0 Å². The van der Waals surface area contributed by atoms with E-state index in [9.17, 15) is 0 Å². The Morgan fingerprint density at radius 1 is 1.53 bits per heavy atom. The van der Waals surface area contributed by atoms with E-state index in [0.717, 1.165) is 31.6 Å². The van der Waals surface area contributed by atoms with Gasteiger partial charge in [0.1, 0.15) is 5.75 Å². The standard InChI is InChI=1S/C14H23NOS/c1-5-8-15-12(10-11(3)6-2)14-13(16-4)7-9-17-14/h7,9,12,15H,3,5-6,8,10H2,1-2,4H3. The first-order valence-corrected chi connectivity index (χ1v) is 7.12. The fraction of sp³-hybridized carbons (Fsp3) is 0.571. The van der Waals surface area contributed by atoms with Crippen LogP contribution in [0, 0.1) is 0 Å². The second-order valence-electron chi connectivity index (χ2n) is 4.17. The van der Waals surface area contributed by atoms with Gasteiger partial charge in [0, 0.05) is 6.04 Å². The lowest BCUT2D eigenvalue weighted by atomic mass is 10.0. The second kappa shape index (κ2) is 7.51. The molecule has 0 radical (unpaired) electrons. The molecule has 0 aliphatic rings. The zero-order valence-electron chi connectivity index (χ0n) is 11.1. The monoisotopic (exact) mass is 253 g/mol. The quantitative estimate of drug-likeness (QED) is 0.703. The highest BCUT2D eigenvalue weighted by molar-refractivity contribution is 7.10. The summed E-state index contributed by atoms with van der Waals surface area (Å²) in [5, 5.41) is 5.67. The molecule has 1 aromatic heterocycles. The van der Waals surface area contributed by atoms with Crippen LogP contribution in [0.25, 0.3) is 0 Å². The van der Waals surface area contributed by atoms with Crippen LogP contribution >= 0.6 is 11.3 Å². The van der Waals surface area contributed by atoms with Gasteiger partial charge in [-0.3, -0.25) is 0 Å². The van der Waals surface area contributed by atoms with Gasteiger partial charge in [-0.05, 0) is 37.3 Å². The van der Waals surface area contributed by atoms with Crippen LogP contribution in [0.5, 0.6) is 5.75 Å². The topological polar surface area (TPSA) is 21.3 Å². The number of hydrogen-bond donors (Lipinski definition) is 1. The zero-order valence-corrected chi connectivity index (χ0v) is 11.9. The minimum absolute atomic E-state index is 0.345. The number of hydrogen-bond acceptors (Lipinski definition) is 3. The summed E-state index contributed by atoms with van der Waals surface area (Å²) >= 11 is 1.76. The highest BCUT2D eigenvalue weighted by Crippen LogP contribution is 2.34. The highest BCUT2D eigenvalue weighted by Gasteiger charge is 2.17. The lowest BCUT2D eigenvalue weighted by Gasteiger charge is -2.19. The van der Waals surface area contributed by atoms with Crippen molar-refractivity contribution >= 4 is 11.3 Å². The van der Waals surface area contributed by atoms with E-state index in [1.807, 2.05) is 6.07 Å². The molecular weight excluding hydrogens is 230 g/mol. The van der Waals surface area contributed by atoms with Crippen LogP contribution in [-0.4, -0.2) is 13.7 Å². The van der Waals surface area contributed by atoms with Gasteiger partial charge < -0.3 is 10.1 Å². The van der Waals surface area contributed by atoms with Gasteiger partial charge in [0.2, 0.25) is 0 Å². The molecule has 0 bridgehead atoms. The summed E-state index contributed by atoms with van der Waals surface area (Å²) in [5.74, 6) is 0.993. The van der Waals surface area contributed by atoms with Crippen molar-refractivity contribution in [2.24, 2.45) is 0 Å². The van der Waals surface area contributed by atoms with Gasteiger partial charge in [-0.1, -0.05) is 26.0 Å². The summed E-state index contributed by atoms with van der Waals surface area (Å²) in [6.07, 6.45) is 3.17. The van der Waals surface area contributed by atoms with Crippen molar-refractivity contribution in [1.82, 2.24) is 5.32 Å². The van der Waals surface area contributed by atoms with Gasteiger partial charge in [0.15, 0.2) is 0 Å². The maximum Gasteiger partial charge on any atom is 0.134 e. The molecule has 0 amide bonds. The van der Waals surface area contributed by atoms with E-state index >= 15 is 0 Å². The number of methoxy groups -OCH3 is 1. The van der Waals surface area contributed by atoms with E-state index in [1.165, 1.54) is 10.5 Å². The minimum Gasteiger partial charge on any atom is -0.496 e. The van der Waals surface area contributed by atoms with Crippen LogP contribution in [0.3, 0.4) is 0 Å². The van der Waals surface area contributed by atoms with Gasteiger partial charge in [0.05, 0.1) is 12.0 Å². The van der Waals surface area contributed by atoms with Crippen molar-refractivity contribution in [3.05, 3.63) is 28.5 Å². The van der Waals surface area contributed by atoms with Gasteiger partial charge >= 0.3 is 0 Å². The molecular formula is C14H23NOS. The maximum atomic E-state index is 5.40. The average Bonchev–Trinajstić information content (AvgIpc) is 2.82. The summed E-state index contributed by atoms with van der Waals surface area (Å²) in [4.78, 5) is 1.29. The molecule has 0 aliphatic carbocycles. The van der Waals surface area contributed by atoms with Crippen LogP contribution in [0.4, 0.5) is 0 Å². The van der Waals surface area contributed by atoms with Crippen molar-refractivity contribution in [3.63, 3.8) is 0 Å². The SMILES string of the molecule is C=C(CC)CC(NCCC)c1sccc1OC. The Hall–Kier alpha value is -0.800. The van der Waals surface area contributed by atoms with Crippen molar-refractivity contribution in [1.29, 1.82) is 0 Å². The largest absolute Gasteiger partial charge is 0.496 e. The summed E-state index contributed by atoms with van der Waals surface area (Å²) in [6.45, 7) is 9.48. The van der Waals surface area contributed by atoms with Crippen LogP contribution in [0.2, 0.25) is 0 Å². The fourth-order valence-electron chi connectivity index (χ4n) is 1.74. The van der Waals surface area contributed by atoms with E-state index in [2.05, 4.69) is 31.1 Å². The molecule has 1 heterocycles. The number of ether oxygens (including phenoxy) is 1. The molecule has 0 aromatic carbocycles. The molecule has 1 unspecified atom stereocenters. The number of thiophene rings is 1. The third-order valence-electron chi connectivity index (χ3n) is 2.83. The molecule has 2 nitrogen and oxygen atoms in total. The van der Waals surface area contributed by atoms with Gasteiger partial charge in [-0.15, -0.1) is 11.3 Å². The third-order valence-corrected chi connectivity index (χ3v) is 3.84. The molecule has 17 heavy (non-hydrogen) atoms. The zero-order chi connectivity index (χ0) is 12.7. The Bertz CT molecular complexity index is 346. The number of nitrogens with one attached hydrogen (secondary N) is 1. The van der Waals surface area contributed by atoms with Crippen molar-refractivity contribution in [3.8, 4) is 5.75 Å². The molecule has 1 atom stereocenters. The molecule has 1 aromatic rings. The van der Waals surface area contributed by atoms with Crippen molar-refractivity contribution in [2.75, 3.05) is 13.7 Å². The first-order valence-electron chi connectivity index (χ1n) is 6.24. The summed E-state index contributed by atoms with van der Waals surface area (Å²) in [5.41, 5.74) is 1.29. The highest BCUT2D eigenvalue weighted by atomic mass is 32.1. The molecule has 0 saturated carbocycles. The van der Waals surface area contributed by atoms with E-state index < -0.39 is 0 Å². The Kier molecular flexibility index (Phi) is 6.30. The molecule has 3 heteroatoms. The fourth-order valence-corrected chi connectivity index (χ4v) is 2.68. The van der Waals surface area contributed by atoms with Gasteiger partial charge in [-0.25, -0.2) is 0 Å². The predicted molar refractivity (Wildman–Crippen MR) is 76.0 cm³/mol. The second-order valence-corrected chi connectivity index (χ2v) is 5.12. The maximum absolute atomic E-state index is 5.40. The summed E-state index contributed by atoms with van der Waals surface area (Å²) < 4.78 is 5.40.